The molecule has 0 aromatic heterocycles. The maximum Gasteiger partial charge on any atom is 0.322 e. The van der Waals surface area contributed by atoms with E-state index in [1.54, 1.807) is 24.3 Å². The van der Waals surface area contributed by atoms with E-state index in [9.17, 15) is 18.8 Å². The van der Waals surface area contributed by atoms with Crippen molar-refractivity contribution in [2.45, 2.75) is 30.7 Å². The zero-order valence-corrected chi connectivity index (χ0v) is 15.1. The summed E-state index contributed by atoms with van der Waals surface area (Å²) in [6.07, 6.45) is 1.81. The third kappa shape index (κ3) is 2.93. The average Bonchev–Trinajstić information content (AvgIpc) is 3.19. The largest absolute Gasteiger partial charge is 0.369 e. The molecule has 4 amide bonds. The van der Waals surface area contributed by atoms with Crippen molar-refractivity contribution in [1.82, 2.24) is 10.6 Å². The Hall–Kier alpha value is -3.22. The van der Waals surface area contributed by atoms with E-state index in [0.717, 1.165) is 17.5 Å². The number of imide groups is 1. The van der Waals surface area contributed by atoms with Gasteiger partial charge in [-0.25, -0.2) is 9.18 Å². The number of benzene rings is 2. The quantitative estimate of drug-likeness (QED) is 0.709. The molecule has 2 fully saturated rings. The number of carbonyl (C=O) groups is 3. The fourth-order valence-corrected chi connectivity index (χ4v) is 4.55. The number of nitrogens with two attached hydrogens (primary N) is 1. The smallest absolute Gasteiger partial charge is 0.322 e. The Morgan fingerprint density at radius 2 is 1.68 bits per heavy atom. The first-order chi connectivity index (χ1) is 13.4. The van der Waals surface area contributed by atoms with Crippen LogP contribution in [0.25, 0.3) is 11.1 Å². The number of urea groups is 1. The number of nitrogens with one attached hydrogen (secondary N) is 2. The lowest BCUT2D eigenvalue weighted by molar-refractivity contribution is -0.127. The van der Waals surface area contributed by atoms with Crippen LogP contribution in [0.5, 0.6) is 0 Å². The van der Waals surface area contributed by atoms with Crippen LogP contribution in [-0.4, -0.2) is 23.4 Å². The Kier molecular flexibility index (Phi) is 4.37. The van der Waals surface area contributed by atoms with Gasteiger partial charge in [0, 0.05) is 5.92 Å². The predicted molar refractivity (Wildman–Crippen MR) is 101 cm³/mol. The van der Waals surface area contributed by atoms with Crippen LogP contribution in [0.15, 0.2) is 48.5 Å². The molecule has 1 aliphatic heterocycles. The van der Waals surface area contributed by atoms with Gasteiger partial charge in [-0.05, 0) is 41.7 Å². The van der Waals surface area contributed by atoms with Crippen LogP contribution in [0.3, 0.4) is 0 Å². The zero-order chi connectivity index (χ0) is 19.9. The van der Waals surface area contributed by atoms with E-state index in [1.165, 1.54) is 12.1 Å². The van der Waals surface area contributed by atoms with E-state index in [-0.39, 0.29) is 5.82 Å². The Bertz CT molecular complexity index is 942. The van der Waals surface area contributed by atoms with E-state index >= 15 is 0 Å². The molecule has 1 saturated heterocycles. The highest BCUT2D eigenvalue weighted by Crippen LogP contribution is 2.46. The van der Waals surface area contributed by atoms with Crippen LogP contribution in [0.4, 0.5) is 9.18 Å². The molecule has 1 saturated carbocycles. The monoisotopic (exact) mass is 381 g/mol. The van der Waals surface area contributed by atoms with Gasteiger partial charge < -0.3 is 11.1 Å². The van der Waals surface area contributed by atoms with Crippen LogP contribution >= 0.6 is 0 Å². The Morgan fingerprint density at radius 3 is 2.21 bits per heavy atom. The Labute approximate surface area is 161 Å². The van der Waals surface area contributed by atoms with E-state index in [2.05, 4.69) is 10.6 Å². The number of amides is 4. The molecule has 7 heteroatoms. The number of rotatable bonds is 4. The lowest BCUT2D eigenvalue weighted by Crippen LogP contribution is -2.53. The molecule has 144 valence electrons. The molecule has 4 rings (SSSR count). The molecule has 1 spiro atoms. The van der Waals surface area contributed by atoms with Gasteiger partial charge in [0.15, 0.2) is 0 Å². The van der Waals surface area contributed by atoms with Crippen molar-refractivity contribution in [1.29, 1.82) is 0 Å². The zero-order valence-electron chi connectivity index (χ0n) is 15.1. The van der Waals surface area contributed by atoms with Gasteiger partial charge in [-0.3, -0.25) is 14.9 Å². The van der Waals surface area contributed by atoms with Crippen molar-refractivity contribution in [3.8, 4) is 11.1 Å². The third-order valence-corrected chi connectivity index (χ3v) is 5.84. The first-order valence-corrected chi connectivity index (χ1v) is 9.19. The maximum atomic E-state index is 13.1. The topological polar surface area (TPSA) is 101 Å². The van der Waals surface area contributed by atoms with Crippen molar-refractivity contribution < 1.29 is 18.8 Å². The first kappa shape index (κ1) is 18.2. The van der Waals surface area contributed by atoms with Gasteiger partial charge in [0.1, 0.15) is 11.4 Å². The molecular weight excluding hydrogens is 361 g/mol. The van der Waals surface area contributed by atoms with Crippen molar-refractivity contribution in [2.75, 3.05) is 0 Å². The summed E-state index contributed by atoms with van der Waals surface area (Å²) in [4.78, 5) is 36.5. The lowest BCUT2D eigenvalue weighted by Gasteiger charge is -2.33. The number of halogens is 1. The second-order valence-electron chi connectivity index (χ2n) is 7.39. The summed E-state index contributed by atoms with van der Waals surface area (Å²) in [6.45, 7) is 0. The molecule has 1 heterocycles. The van der Waals surface area contributed by atoms with Crippen LogP contribution in [0, 0.1) is 11.7 Å². The van der Waals surface area contributed by atoms with Crippen LogP contribution in [0.1, 0.15) is 30.7 Å². The molecule has 2 aliphatic rings. The normalized spacial score (nSPS) is 24.8. The van der Waals surface area contributed by atoms with Crippen molar-refractivity contribution >= 4 is 17.8 Å². The molecule has 0 radical (unpaired) electrons. The number of carbonyl (C=O) groups excluding carboxylic acids is 3. The first-order valence-electron chi connectivity index (χ1n) is 9.19. The van der Waals surface area contributed by atoms with Gasteiger partial charge in [-0.2, -0.15) is 0 Å². The van der Waals surface area contributed by atoms with Gasteiger partial charge in [0.2, 0.25) is 5.91 Å². The summed E-state index contributed by atoms with van der Waals surface area (Å²) in [5.41, 5.74) is 7.05. The molecule has 4 N–H and O–H groups in total. The molecule has 2 aromatic rings. The van der Waals surface area contributed by atoms with Gasteiger partial charge in [-0.1, -0.05) is 42.8 Å². The molecule has 2 aromatic carbocycles. The van der Waals surface area contributed by atoms with Gasteiger partial charge in [0.05, 0.1) is 5.92 Å². The minimum absolute atomic E-state index is 0.308. The molecule has 1 aliphatic carbocycles. The number of primary amides is 1. The minimum Gasteiger partial charge on any atom is -0.369 e. The predicted octanol–water partition coefficient (Wildman–Crippen LogP) is 2.44. The second kappa shape index (κ2) is 6.74. The maximum absolute atomic E-state index is 13.1. The van der Waals surface area contributed by atoms with Crippen LogP contribution < -0.4 is 16.4 Å². The standard InChI is InChI=1S/C21H20FN3O3/c22-15-9-7-13(8-10-15)12-3-5-14(6-4-12)17(18(23)26)16-2-1-11-21(16)19(27)24-20(28)25-21/h3-10,16-17H,1-2,11H2,(H2,23,26)(H2,24,25,27,28). The van der Waals surface area contributed by atoms with Crippen molar-refractivity contribution in [3.05, 3.63) is 59.9 Å². The molecule has 3 unspecified atom stereocenters. The summed E-state index contributed by atoms with van der Waals surface area (Å²) in [5, 5.41) is 5.02. The van der Waals surface area contributed by atoms with E-state index in [0.29, 0.717) is 18.4 Å². The van der Waals surface area contributed by atoms with Gasteiger partial charge in [-0.15, -0.1) is 0 Å². The lowest BCUT2D eigenvalue weighted by atomic mass is 9.74. The van der Waals surface area contributed by atoms with E-state index in [4.69, 9.17) is 5.73 Å². The highest BCUT2D eigenvalue weighted by Gasteiger charge is 2.57. The summed E-state index contributed by atoms with van der Waals surface area (Å²) in [6, 6.07) is 12.9. The van der Waals surface area contributed by atoms with Crippen molar-refractivity contribution in [3.63, 3.8) is 0 Å². The molecule has 0 bridgehead atoms. The number of hydrogen-bond donors (Lipinski definition) is 3. The summed E-state index contributed by atoms with van der Waals surface area (Å²) in [7, 11) is 0. The summed E-state index contributed by atoms with van der Waals surface area (Å²) < 4.78 is 13.1. The van der Waals surface area contributed by atoms with Crippen LogP contribution in [-0.2, 0) is 9.59 Å². The third-order valence-electron chi connectivity index (χ3n) is 5.84. The highest BCUT2D eigenvalue weighted by molar-refractivity contribution is 6.08. The fourth-order valence-electron chi connectivity index (χ4n) is 4.55. The molecular formula is C21H20FN3O3. The van der Waals surface area contributed by atoms with Crippen molar-refractivity contribution in [2.24, 2.45) is 11.7 Å². The molecule has 28 heavy (non-hydrogen) atoms. The van der Waals surface area contributed by atoms with E-state index < -0.39 is 35.2 Å². The molecule has 3 atom stereocenters. The van der Waals surface area contributed by atoms with Crippen LogP contribution in [0.2, 0.25) is 0 Å². The second-order valence-corrected chi connectivity index (χ2v) is 7.39. The van der Waals surface area contributed by atoms with Gasteiger partial charge in [0.25, 0.3) is 5.91 Å². The number of hydrogen-bond acceptors (Lipinski definition) is 3. The van der Waals surface area contributed by atoms with E-state index in [1.807, 2.05) is 12.1 Å². The summed E-state index contributed by atoms with van der Waals surface area (Å²) in [5.74, 6) is -2.34. The Balaban J connectivity index is 1.67. The van der Waals surface area contributed by atoms with Gasteiger partial charge >= 0.3 is 6.03 Å². The molecule has 6 nitrogen and oxygen atoms in total. The fraction of sp³-hybridized carbons (Fsp3) is 0.286. The average molecular weight is 381 g/mol. The highest BCUT2D eigenvalue weighted by atomic mass is 19.1. The SMILES string of the molecule is NC(=O)C(c1ccc(-c2ccc(F)cc2)cc1)C1CCCC12NC(=O)NC2=O. The minimum atomic E-state index is -1.09. The Morgan fingerprint density at radius 1 is 1.07 bits per heavy atom. The summed E-state index contributed by atoms with van der Waals surface area (Å²) >= 11 is 0.